The van der Waals surface area contributed by atoms with Gasteiger partial charge in [0.1, 0.15) is 0 Å². The molecule has 0 aliphatic rings. The van der Waals surface area contributed by atoms with Crippen LogP contribution < -0.4 is 11.1 Å². The fourth-order valence-electron chi connectivity index (χ4n) is 1.50. The topological polar surface area (TPSA) is 75.3 Å². The van der Waals surface area contributed by atoms with Crippen LogP contribution >= 0.6 is 0 Å². The molecule has 4 nitrogen and oxygen atoms in total. The second-order valence-electron chi connectivity index (χ2n) is 4.61. The molecule has 0 aromatic rings. The molecule has 4 heteroatoms. The molecule has 0 bridgehead atoms. The van der Waals surface area contributed by atoms with Crippen molar-refractivity contribution in [3.05, 3.63) is 0 Å². The molecule has 0 aromatic carbocycles. The Morgan fingerprint density at radius 1 is 1.38 bits per heavy atom. The van der Waals surface area contributed by atoms with Crippen LogP contribution in [0.3, 0.4) is 0 Å². The third-order valence-corrected chi connectivity index (χ3v) is 2.80. The molecule has 0 saturated heterocycles. The summed E-state index contributed by atoms with van der Waals surface area (Å²) >= 11 is 0. The fourth-order valence-corrected chi connectivity index (χ4v) is 1.50. The molecular formula is C12H26N2O2. The Bertz CT molecular complexity index is 191. The van der Waals surface area contributed by atoms with Crippen molar-refractivity contribution in [1.82, 2.24) is 5.32 Å². The van der Waals surface area contributed by atoms with E-state index in [1.807, 2.05) is 20.8 Å². The lowest BCUT2D eigenvalue weighted by Gasteiger charge is -2.18. The minimum absolute atomic E-state index is 0.000602. The van der Waals surface area contributed by atoms with Crippen LogP contribution in [-0.4, -0.2) is 29.7 Å². The van der Waals surface area contributed by atoms with Gasteiger partial charge in [0.05, 0.1) is 12.6 Å². The fraction of sp³-hybridized carbons (Fsp3) is 0.917. The van der Waals surface area contributed by atoms with Crippen molar-refractivity contribution >= 4 is 5.91 Å². The molecule has 0 rings (SSSR count). The molecule has 0 heterocycles. The number of nitrogens with one attached hydrogen (secondary N) is 1. The Morgan fingerprint density at radius 2 is 2.00 bits per heavy atom. The standard InChI is InChI=1S/C12H26N2O2/c1-4-11(8-15)14-12(16)9(2)6-5-7-10(3)13/h9-11,15H,4-8,13H2,1-3H3,(H,14,16). The number of aliphatic hydroxyl groups excluding tert-OH is 1. The summed E-state index contributed by atoms with van der Waals surface area (Å²) in [6, 6.07) is 0.0967. The minimum Gasteiger partial charge on any atom is -0.394 e. The van der Waals surface area contributed by atoms with Gasteiger partial charge in [-0.15, -0.1) is 0 Å². The van der Waals surface area contributed by atoms with Gasteiger partial charge < -0.3 is 16.2 Å². The van der Waals surface area contributed by atoms with E-state index in [0.29, 0.717) is 0 Å². The molecule has 0 aromatic heterocycles. The monoisotopic (exact) mass is 230 g/mol. The zero-order valence-electron chi connectivity index (χ0n) is 10.7. The van der Waals surface area contributed by atoms with E-state index in [-0.39, 0.29) is 30.5 Å². The molecular weight excluding hydrogens is 204 g/mol. The van der Waals surface area contributed by atoms with Crippen molar-refractivity contribution in [1.29, 1.82) is 0 Å². The van der Waals surface area contributed by atoms with Crippen molar-refractivity contribution in [3.8, 4) is 0 Å². The quantitative estimate of drug-likeness (QED) is 0.583. The van der Waals surface area contributed by atoms with Crippen LogP contribution in [0.15, 0.2) is 0 Å². The van der Waals surface area contributed by atoms with Crippen LogP contribution in [0.5, 0.6) is 0 Å². The van der Waals surface area contributed by atoms with E-state index in [1.54, 1.807) is 0 Å². The predicted octanol–water partition coefficient (Wildman–Crippen LogP) is 1.03. The van der Waals surface area contributed by atoms with Gasteiger partial charge in [0.25, 0.3) is 0 Å². The number of hydrogen-bond acceptors (Lipinski definition) is 3. The van der Waals surface area contributed by atoms with E-state index in [9.17, 15) is 4.79 Å². The third kappa shape index (κ3) is 6.80. The zero-order chi connectivity index (χ0) is 12.6. The summed E-state index contributed by atoms with van der Waals surface area (Å²) in [5, 5.41) is 11.8. The lowest BCUT2D eigenvalue weighted by molar-refractivity contribution is -0.125. The maximum atomic E-state index is 11.7. The number of amides is 1. The normalized spacial score (nSPS) is 16.6. The van der Waals surface area contributed by atoms with Gasteiger partial charge in [0, 0.05) is 12.0 Å². The van der Waals surface area contributed by atoms with Crippen molar-refractivity contribution in [2.75, 3.05) is 6.61 Å². The first-order valence-corrected chi connectivity index (χ1v) is 6.18. The first-order chi connectivity index (χ1) is 7.51. The lowest BCUT2D eigenvalue weighted by atomic mass is 10.0. The van der Waals surface area contributed by atoms with Gasteiger partial charge in [-0.05, 0) is 26.2 Å². The number of carbonyl (C=O) groups is 1. The summed E-state index contributed by atoms with van der Waals surface area (Å²) in [5.41, 5.74) is 5.64. The van der Waals surface area contributed by atoms with Gasteiger partial charge in [0.15, 0.2) is 0 Å². The number of aliphatic hydroxyl groups is 1. The molecule has 96 valence electrons. The molecule has 0 radical (unpaired) electrons. The Labute approximate surface area is 98.6 Å². The first-order valence-electron chi connectivity index (χ1n) is 6.18. The Balaban J connectivity index is 3.80. The van der Waals surface area contributed by atoms with Gasteiger partial charge in [-0.2, -0.15) is 0 Å². The number of hydrogen-bond donors (Lipinski definition) is 3. The Kier molecular flexibility index (Phi) is 8.21. The van der Waals surface area contributed by atoms with Crippen LogP contribution in [0.2, 0.25) is 0 Å². The van der Waals surface area contributed by atoms with Crippen molar-refractivity contribution < 1.29 is 9.90 Å². The van der Waals surface area contributed by atoms with Gasteiger partial charge >= 0.3 is 0 Å². The highest BCUT2D eigenvalue weighted by Gasteiger charge is 2.15. The second-order valence-corrected chi connectivity index (χ2v) is 4.61. The molecule has 16 heavy (non-hydrogen) atoms. The summed E-state index contributed by atoms with van der Waals surface area (Å²) < 4.78 is 0. The molecule has 3 atom stereocenters. The van der Waals surface area contributed by atoms with Crippen molar-refractivity contribution in [3.63, 3.8) is 0 Å². The molecule has 0 aliphatic heterocycles. The Morgan fingerprint density at radius 3 is 2.44 bits per heavy atom. The van der Waals surface area contributed by atoms with E-state index >= 15 is 0 Å². The van der Waals surface area contributed by atoms with Gasteiger partial charge in [0.2, 0.25) is 5.91 Å². The van der Waals surface area contributed by atoms with Gasteiger partial charge in [-0.1, -0.05) is 20.3 Å². The highest BCUT2D eigenvalue weighted by atomic mass is 16.3. The highest BCUT2D eigenvalue weighted by molar-refractivity contribution is 5.78. The smallest absolute Gasteiger partial charge is 0.223 e. The van der Waals surface area contributed by atoms with Gasteiger partial charge in [-0.3, -0.25) is 4.79 Å². The average molecular weight is 230 g/mol. The maximum Gasteiger partial charge on any atom is 0.223 e. The molecule has 1 amide bonds. The largest absolute Gasteiger partial charge is 0.394 e. The SMILES string of the molecule is CCC(CO)NC(=O)C(C)CCCC(C)N. The molecule has 3 unspecified atom stereocenters. The van der Waals surface area contributed by atoms with Crippen LogP contribution in [-0.2, 0) is 4.79 Å². The predicted molar refractivity (Wildman–Crippen MR) is 66.0 cm³/mol. The van der Waals surface area contributed by atoms with Crippen LogP contribution in [0, 0.1) is 5.92 Å². The highest BCUT2D eigenvalue weighted by Crippen LogP contribution is 2.09. The summed E-state index contributed by atoms with van der Waals surface area (Å²) in [4.78, 5) is 11.7. The van der Waals surface area contributed by atoms with Crippen LogP contribution in [0.1, 0.15) is 46.5 Å². The second kappa shape index (κ2) is 8.53. The summed E-state index contributed by atoms with van der Waals surface area (Å²) in [7, 11) is 0. The molecule has 0 saturated carbocycles. The van der Waals surface area contributed by atoms with Crippen molar-refractivity contribution in [2.45, 2.75) is 58.5 Å². The Hall–Kier alpha value is -0.610. The van der Waals surface area contributed by atoms with E-state index in [0.717, 1.165) is 25.7 Å². The zero-order valence-corrected chi connectivity index (χ0v) is 10.7. The van der Waals surface area contributed by atoms with Crippen LogP contribution in [0.4, 0.5) is 0 Å². The van der Waals surface area contributed by atoms with E-state index in [2.05, 4.69) is 5.32 Å². The lowest BCUT2D eigenvalue weighted by Crippen LogP contribution is -2.40. The molecule has 0 fully saturated rings. The number of carbonyl (C=O) groups excluding carboxylic acids is 1. The molecule has 0 aliphatic carbocycles. The van der Waals surface area contributed by atoms with Gasteiger partial charge in [-0.25, -0.2) is 0 Å². The maximum absolute atomic E-state index is 11.7. The van der Waals surface area contributed by atoms with E-state index in [1.165, 1.54) is 0 Å². The third-order valence-electron chi connectivity index (χ3n) is 2.80. The van der Waals surface area contributed by atoms with E-state index < -0.39 is 0 Å². The minimum atomic E-state index is -0.108. The summed E-state index contributed by atoms with van der Waals surface area (Å²) in [6.45, 7) is 5.85. The summed E-state index contributed by atoms with van der Waals surface area (Å²) in [6.07, 6.45) is 3.54. The molecule has 0 spiro atoms. The van der Waals surface area contributed by atoms with E-state index in [4.69, 9.17) is 10.8 Å². The average Bonchev–Trinajstić information content (AvgIpc) is 2.24. The molecule has 4 N–H and O–H groups in total. The van der Waals surface area contributed by atoms with Crippen LogP contribution in [0.25, 0.3) is 0 Å². The number of nitrogens with two attached hydrogens (primary N) is 1. The number of rotatable bonds is 8. The summed E-state index contributed by atoms with van der Waals surface area (Å²) in [5.74, 6) is 0.0323. The van der Waals surface area contributed by atoms with Crippen molar-refractivity contribution in [2.24, 2.45) is 11.7 Å². The first kappa shape index (κ1) is 15.4.